The molecule has 0 bridgehead atoms. The molecule has 2 rings (SSSR count). The molecule has 0 spiro atoms. The predicted molar refractivity (Wildman–Crippen MR) is 50.5 cm³/mol. The van der Waals surface area contributed by atoms with Crippen molar-refractivity contribution in [1.29, 1.82) is 0 Å². The lowest BCUT2D eigenvalue weighted by atomic mass is 10.7. The topological polar surface area (TPSA) is 122 Å². The van der Waals surface area contributed by atoms with Crippen LogP contribution in [-0.4, -0.2) is 33.3 Å². The summed E-state index contributed by atoms with van der Waals surface area (Å²) >= 11 is 0. The molecule has 0 aliphatic rings. The van der Waals surface area contributed by atoms with Crippen LogP contribution in [0.3, 0.4) is 0 Å². The standard InChI is InChI=1S/C4H4N2.C3H3N3O4S/c1-2-5-4-6-3-1;7-11(8,9)10-6-3-1-2-4-5-6/h1-4H;1-3H. The lowest BCUT2D eigenvalue weighted by Crippen LogP contribution is -2.48. The molecule has 0 aliphatic carbocycles. The van der Waals surface area contributed by atoms with Crippen molar-refractivity contribution in [2.45, 2.75) is 0 Å². The molecule has 90 valence electrons. The maximum Gasteiger partial charge on any atom is 0.307 e. The summed E-state index contributed by atoms with van der Waals surface area (Å²) in [5.41, 5.74) is 0. The van der Waals surface area contributed by atoms with Gasteiger partial charge in [-0.1, -0.05) is 0 Å². The molecule has 0 unspecified atom stereocenters. The van der Waals surface area contributed by atoms with Gasteiger partial charge in [-0.3, -0.25) is 0 Å². The molecule has 2 aromatic rings. The SMILES string of the molecule is O=S(=O)([O-])O[n+]1cccnn1.c1cncnc1. The normalized spacial score (nSPS) is 9.94. The Hall–Kier alpha value is -2.20. The summed E-state index contributed by atoms with van der Waals surface area (Å²) in [5.74, 6) is 0. The highest BCUT2D eigenvalue weighted by Gasteiger charge is 2.02. The molecule has 0 aliphatic heterocycles. The fourth-order valence-corrected chi connectivity index (χ4v) is 0.914. The van der Waals surface area contributed by atoms with Crippen molar-refractivity contribution in [3.05, 3.63) is 43.2 Å². The summed E-state index contributed by atoms with van der Waals surface area (Å²) in [6, 6.07) is 3.14. The van der Waals surface area contributed by atoms with Gasteiger partial charge in [0, 0.05) is 18.5 Å². The third-order valence-electron chi connectivity index (χ3n) is 1.15. The summed E-state index contributed by atoms with van der Waals surface area (Å²) < 4.78 is 33.6. The third kappa shape index (κ3) is 6.81. The minimum absolute atomic E-state index is 0.447. The first-order valence-electron chi connectivity index (χ1n) is 4.13. The molecule has 0 saturated heterocycles. The van der Waals surface area contributed by atoms with E-state index in [0.717, 1.165) is 6.20 Å². The summed E-state index contributed by atoms with van der Waals surface area (Å²) in [4.78, 5) is 7.79. The predicted octanol–water partition coefficient (Wildman–Crippen LogP) is -1.87. The van der Waals surface area contributed by atoms with Gasteiger partial charge in [0.1, 0.15) is 6.33 Å². The maximum atomic E-state index is 9.93. The first kappa shape index (κ1) is 12.9. The van der Waals surface area contributed by atoms with Gasteiger partial charge < -0.3 is 4.55 Å². The van der Waals surface area contributed by atoms with E-state index in [0.29, 0.717) is 4.85 Å². The van der Waals surface area contributed by atoms with Crippen molar-refractivity contribution < 1.29 is 22.1 Å². The molecule has 0 N–H and O–H groups in total. The van der Waals surface area contributed by atoms with Crippen LogP contribution in [0.2, 0.25) is 0 Å². The minimum atomic E-state index is -4.77. The van der Waals surface area contributed by atoms with Crippen LogP contribution in [0.1, 0.15) is 0 Å². The van der Waals surface area contributed by atoms with Crippen LogP contribution in [0, 0.1) is 0 Å². The molecule has 10 heteroatoms. The number of hydrogen-bond acceptors (Lipinski definition) is 8. The molecule has 0 fully saturated rings. The highest BCUT2D eigenvalue weighted by molar-refractivity contribution is 7.80. The van der Waals surface area contributed by atoms with Gasteiger partial charge in [0.25, 0.3) is 0 Å². The molecule has 17 heavy (non-hydrogen) atoms. The van der Waals surface area contributed by atoms with Gasteiger partial charge >= 0.3 is 10.4 Å². The second kappa shape index (κ2) is 6.40. The monoisotopic (exact) mass is 257 g/mol. The van der Waals surface area contributed by atoms with Gasteiger partial charge in [-0.15, -0.1) is 0 Å². The molecule has 2 heterocycles. The van der Waals surface area contributed by atoms with Gasteiger partial charge in [-0.2, -0.15) is 12.7 Å². The summed E-state index contributed by atoms with van der Waals surface area (Å²) in [6.07, 6.45) is 7.31. The van der Waals surface area contributed by atoms with Crippen LogP contribution in [0.25, 0.3) is 0 Å². The Kier molecular flexibility index (Phi) is 4.84. The van der Waals surface area contributed by atoms with E-state index in [-0.39, 0.29) is 0 Å². The third-order valence-corrected chi connectivity index (χ3v) is 1.49. The van der Waals surface area contributed by atoms with Crippen molar-refractivity contribution in [3.8, 4) is 0 Å². The van der Waals surface area contributed by atoms with Gasteiger partial charge in [0.15, 0.2) is 17.6 Å². The van der Waals surface area contributed by atoms with Crippen LogP contribution < -0.4 is 9.13 Å². The Morgan fingerprint density at radius 1 is 1.12 bits per heavy atom. The number of hydrogen-bond donors (Lipinski definition) is 0. The summed E-state index contributed by atoms with van der Waals surface area (Å²) in [7, 11) is -4.77. The van der Waals surface area contributed by atoms with Crippen molar-refractivity contribution in [3.63, 3.8) is 0 Å². The highest BCUT2D eigenvalue weighted by atomic mass is 32.3. The number of nitrogens with zero attached hydrogens (tertiary/aromatic N) is 5. The second-order valence-electron chi connectivity index (χ2n) is 2.39. The molecular formula is C7H7N5O4S. The highest BCUT2D eigenvalue weighted by Crippen LogP contribution is 1.70. The Morgan fingerprint density at radius 3 is 2.18 bits per heavy atom. The van der Waals surface area contributed by atoms with E-state index < -0.39 is 10.4 Å². The lowest BCUT2D eigenvalue weighted by Gasteiger charge is -2.00. The zero-order valence-corrected chi connectivity index (χ0v) is 9.14. The van der Waals surface area contributed by atoms with Crippen LogP contribution >= 0.6 is 0 Å². The van der Waals surface area contributed by atoms with E-state index in [9.17, 15) is 13.0 Å². The van der Waals surface area contributed by atoms with Crippen LogP contribution in [0.4, 0.5) is 0 Å². The average molecular weight is 257 g/mol. The van der Waals surface area contributed by atoms with Crippen molar-refractivity contribution in [2.75, 3.05) is 0 Å². The van der Waals surface area contributed by atoms with Gasteiger partial charge in [0.2, 0.25) is 0 Å². The first-order valence-corrected chi connectivity index (χ1v) is 5.47. The quantitative estimate of drug-likeness (QED) is 0.348. The van der Waals surface area contributed by atoms with Crippen molar-refractivity contribution in [1.82, 2.24) is 20.3 Å². The minimum Gasteiger partial charge on any atom is -0.713 e. The van der Waals surface area contributed by atoms with Gasteiger partial charge in [-0.05, 0) is 6.07 Å². The molecule has 0 saturated carbocycles. The molecule has 2 aromatic heterocycles. The largest absolute Gasteiger partial charge is 0.713 e. The van der Waals surface area contributed by atoms with Crippen LogP contribution in [0.5, 0.6) is 0 Å². The molecule has 0 radical (unpaired) electrons. The van der Waals surface area contributed by atoms with E-state index in [4.69, 9.17) is 0 Å². The average Bonchev–Trinajstić information content (AvgIpc) is 2.31. The summed E-state index contributed by atoms with van der Waals surface area (Å²) in [6.45, 7) is 0. The van der Waals surface area contributed by atoms with E-state index in [1.54, 1.807) is 18.5 Å². The van der Waals surface area contributed by atoms with Crippen LogP contribution in [-0.2, 0) is 10.4 Å². The van der Waals surface area contributed by atoms with Gasteiger partial charge in [-0.25, -0.2) is 9.97 Å². The lowest BCUT2D eigenvalue weighted by molar-refractivity contribution is -0.908. The zero-order valence-electron chi connectivity index (χ0n) is 8.32. The smallest absolute Gasteiger partial charge is 0.307 e. The number of rotatable bonds is 2. The molecule has 9 nitrogen and oxygen atoms in total. The Balaban J connectivity index is 0.000000202. The molecule has 0 atom stereocenters. The number of aromatic nitrogens is 5. The van der Waals surface area contributed by atoms with Crippen molar-refractivity contribution in [2.24, 2.45) is 0 Å². The van der Waals surface area contributed by atoms with Crippen LogP contribution in [0.15, 0.2) is 43.2 Å². The maximum absolute atomic E-state index is 9.93. The Labute approximate surface area is 96.6 Å². The fraction of sp³-hybridized carbons (Fsp3) is 0. The van der Waals surface area contributed by atoms with E-state index >= 15 is 0 Å². The van der Waals surface area contributed by atoms with E-state index in [2.05, 4.69) is 24.6 Å². The second-order valence-corrected chi connectivity index (χ2v) is 3.35. The molecular weight excluding hydrogens is 250 g/mol. The molecule has 0 amide bonds. The van der Waals surface area contributed by atoms with Gasteiger partial charge in [0.05, 0.1) is 9.94 Å². The van der Waals surface area contributed by atoms with E-state index in [1.807, 2.05) is 0 Å². The summed E-state index contributed by atoms with van der Waals surface area (Å²) in [5, 5.41) is 6.38. The van der Waals surface area contributed by atoms with Crippen molar-refractivity contribution >= 4 is 10.4 Å². The molecule has 0 aromatic carbocycles. The van der Waals surface area contributed by atoms with E-state index in [1.165, 1.54) is 18.6 Å². The Bertz CT molecular complexity index is 494. The first-order chi connectivity index (χ1) is 8.08. The Morgan fingerprint density at radius 2 is 1.82 bits per heavy atom. The zero-order chi connectivity index (χ0) is 12.6. The fourth-order valence-electron chi connectivity index (χ4n) is 0.648.